The number of hydrogen-bond donors (Lipinski definition) is 2. The van der Waals surface area contributed by atoms with Gasteiger partial charge < -0.3 is 9.67 Å². The molecule has 1 aromatic carbocycles. The van der Waals surface area contributed by atoms with Crippen LogP contribution >= 0.6 is 10.2 Å². The van der Waals surface area contributed by atoms with Gasteiger partial charge in [0, 0.05) is 18.8 Å². The van der Waals surface area contributed by atoms with Crippen LogP contribution in [0, 0.1) is 0 Å². The maximum atomic E-state index is 12.9. The summed E-state index contributed by atoms with van der Waals surface area (Å²) < 4.78 is 66.2. The van der Waals surface area contributed by atoms with Gasteiger partial charge in [0.2, 0.25) is 0 Å². The van der Waals surface area contributed by atoms with Crippen LogP contribution in [0.15, 0.2) is 51.9 Å². The minimum absolute atomic E-state index is 0.123. The number of rotatable bonds is 6. The zero-order valence-corrected chi connectivity index (χ0v) is 14.1. The number of nitrogens with zero attached hydrogens (tertiary/aromatic N) is 4. The SMILES string of the molecule is OCCc1nccn1CC1(c2ccc(S(F)(F)(F)(F)F)cc2)CNN=N1. The molecule has 0 aliphatic carbocycles. The minimum Gasteiger partial charge on any atom is -0.396 e. The van der Waals surface area contributed by atoms with Crippen LogP contribution in [0.4, 0.5) is 19.4 Å². The summed E-state index contributed by atoms with van der Waals surface area (Å²) in [5.41, 5.74) is 1.89. The Morgan fingerprint density at radius 2 is 1.85 bits per heavy atom. The lowest BCUT2D eigenvalue weighted by Crippen LogP contribution is -2.34. The van der Waals surface area contributed by atoms with Gasteiger partial charge in [-0.15, -0.1) is 0 Å². The molecule has 1 aromatic heterocycles. The summed E-state index contributed by atoms with van der Waals surface area (Å²) >= 11 is 0. The molecule has 6 nitrogen and oxygen atoms in total. The van der Waals surface area contributed by atoms with Crippen LogP contribution in [0.3, 0.4) is 0 Å². The molecule has 1 aliphatic heterocycles. The molecular weight excluding hydrogens is 381 g/mol. The lowest BCUT2D eigenvalue weighted by molar-refractivity contribution is 0.291. The Morgan fingerprint density at radius 1 is 1.15 bits per heavy atom. The first-order chi connectivity index (χ1) is 11.9. The van der Waals surface area contributed by atoms with Gasteiger partial charge in [-0.25, -0.2) is 4.98 Å². The van der Waals surface area contributed by atoms with E-state index < -0.39 is 20.7 Å². The monoisotopic (exact) mass is 397 g/mol. The van der Waals surface area contributed by atoms with Gasteiger partial charge in [-0.2, -0.15) is 5.11 Å². The predicted molar refractivity (Wildman–Crippen MR) is 85.4 cm³/mol. The van der Waals surface area contributed by atoms with Crippen LogP contribution in [0.5, 0.6) is 0 Å². The molecule has 0 fully saturated rings. The summed E-state index contributed by atoms with van der Waals surface area (Å²) in [7, 11) is -9.73. The highest BCUT2D eigenvalue weighted by Gasteiger charge is 2.65. The molecular formula is C14H16F5N5OS. The molecule has 0 saturated heterocycles. The fourth-order valence-electron chi connectivity index (χ4n) is 2.79. The molecule has 1 unspecified atom stereocenters. The molecule has 26 heavy (non-hydrogen) atoms. The van der Waals surface area contributed by atoms with Crippen molar-refractivity contribution >= 4 is 10.2 Å². The van der Waals surface area contributed by atoms with Gasteiger partial charge in [0.15, 0.2) is 0 Å². The lowest BCUT2D eigenvalue weighted by Gasteiger charge is -2.40. The highest BCUT2D eigenvalue weighted by Crippen LogP contribution is 3.02. The van der Waals surface area contributed by atoms with Crippen LogP contribution in [-0.4, -0.2) is 27.8 Å². The molecule has 1 atom stereocenters. The molecule has 0 radical (unpaired) electrons. The Hall–Kier alpha value is -2.21. The number of aliphatic hydroxyl groups is 1. The molecule has 0 spiro atoms. The van der Waals surface area contributed by atoms with Crippen LogP contribution < -0.4 is 5.43 Å². The van der Waals surface area contributed by atoms with Gasteiger partial charge in [-0.1, -0.05) is 36.8 Å². The van der Waals surface area contributed by atoms with E-state index in [9.17, 15) is 19.4 Å². The third-order valence-electron chi connectivity index (χ3n) is 4.09. The van der Waals surface area contributed by atoms with Gasteiger partial charge in [0.1, 0.15) is 16.3 Å². The molecule has 2 heterocycles. The number of benzene rings is 1. The van der Waals surface area contributed by atoms with E-state index in [-0.39, 0.29) is 26.1 Å². The summed E-state index contributed by atoms with van der Waals surface area (Å²) in [6.45, 7) is 0.233. The highest BCUT2D eigenvalue weighted by atomic mass is 32.5. The molecule has 1 aliphatic rings. The smallest absolute Gasteiger partial charge is 0.310 e. The summed E-state index contributed by atoms with van der Waals surface area (Å²) in [5, 5.41) is 16.9. The molecule has 12 heteroatoms. The molecule has 0 amide bonds. The average Bonchev–Trinajstić information content (AvgIpc) is 3.17. The third-order valence-corrected chi connectivity index (χ3v) is 5.25. The first-order valence-corrected chi connectivity index (χ1v) is 9.49. The summed E-state index contributed by atoms with van der Waals surface area (Å²) in [5.74, 6) is 0.567. The Morgan fingerprint density at radius 3 is 2.38 bits per heavy atom. The third kappa shape index (κ3) is 3.65. The number of nitrogens with one attached hydrogen (secondary N) is 1. The maximum Gasteiger partial charge on any atom is 0.310 e. The second kappa shape index (κ2) is 5.39. The van der Waals surface area contributed by atoms with E-state index in [0.717, 1.165) is 12.1 Å². The van der Waals surface area contributed by atoms with Crippen molar-refractivity contribution in [1.82, 2.24) is 15.0 Å². The second-order valence-electron chi connectivity index (χ2n) is 6.00. The van der Waals surface area contributed by atoms with Crippen molar-refractivity contribution in [3.8, 4) is 0 Å². The minimum atomic E-state index is -9.73. The summed E-state index contributed by atoms with van der Waals surface area (Å²) in [6.07, 6.45) is 3.45. The average molecular weight is 397 g/mol. The van der Waals surface area contributed by atoms with E-state index in [1.165, 1.54) is 6.20 Å². The van der Waals surface area contributed by atoms with Gasteiger partial charge in [0.05, 0.1) is 19.7 Å². The lowest BCUT2D eigenvalue weighted by atomic mass is 9.91. The van der Waals surface area contributed by atoms with Crippen molar-refractivity contribution in [2.24, 2.45) is 10.3 Å². The van der Waals surface area contributed by atoms with Crippen molar-refractivity contribution in [1.29, 1.82) is 0 Å². The molecule has 144 valence electrons. The van der Waals surface area contributed by atoms with E-state index in [2.05, 4.69) is 20.7 Å². The molecule has 0 saturated carbocycles. The number of aliphatic hydroxyl groups excluding tert-OH is 1. The highest BCUT2D eigenvalue weighted by molar-refractivity contribution is 8.45. The standard InChI is InChI=1S/C14H16F5N5OS/c15-26(16,17,18,19)12-3-1-11(2-4-12)14(9-21-23-22-14)10-24-7-6-20-13(24)5-8-25/h1-4,6-7,25H,5,8-10H2,(H,21,22). The second-order valence-corrected chi connectivity index (χ2v) is 8.41. The first-order valence-electron chi connectivity index (χ1n) is 7.54. The largest absolute Gasteiger partial charge is 0.396 e. The van der Waals surface area contributed by atoms with Crippen molar-refractivity contribution in [2.45, 2.75) is 23.4 Å². The van der Waals surface area contributed by atoms with Gasteiger partial charge >= 0.3 is 10.2 Å². The summed E-state index contributed by atoms with van der Waals surface area (Å²) in [4.78, 5) is 2.16. The van der Waals surface area contributed by atoms with E-state index in [0.29, 0.717) is 23.5 Å². The van der Waals surface area contributed by atoms with Gasteiger partial charge in [-0.05, 0) is 17.7 Å². The van der Waals surface area contributed by atoms with Gasteiger partial charge in [-0.3, -0.25) is 5.43 Å². The van der Waals surface area contributed by atoms with Crippen LogP contribution in [0.2, 0.25) is 0 Å². The molecule has 0 bridgehead atoms. The fourth-order valence-corrected chi connectivity index (χ4v) is 3.44. The number of halogens is 5. The number of aromatic nitrogens is 2. The van der Waals surface area contributed by atoms with Crippen molar-refractivity contribution in [3.05, 3.63) is 48.0 Å². The molecule has 2 N–H and O–H groups in total. The zero-order chi connectivity index (χ0) is 19.1. The number of imidazole rings is 1. The normalized spacial score (nSPS) is 22.7. The van der Waals surface area contributed by atoms with E-state index in [4.69, 9.17) is 5.11 Å². The Kier molecular flexibility index (Phi) is 3.85. The number of hydrogen-bond acceptors (Lipinski definition) is 5. The molecule has 3 rings (SSSR count). The molecule has 2 aromatic rings. The zero-order valence-electron chi connectivity index (χ0n) is 13.3. The van der Waals surface area contributed by atoms with Crippen LogP contribution in [0.1, 0.15) is 11.4 Å². The van der Waals surface area contributed by atoms with Crippen molar-refractivity contribution < 1.29 is 24.5 Å². The topological polar surface area (TPSA) is 74.8 Å². The summed E-state index contributed by atoms with van der Waals surface area (Å²) in [6, 6.07) is 2.72. The first kappa shape index (κ1) is 18.6. The van der Waals surface area contributed by atoms with Crippen LogP contribution in [-0.2, 0) is 18.5 Å². The Labute approximate surface area is 145 Å². The van der Waals surface area contributed by atoms with E-state index >= 15 is 0 Å². The van der Waals surface area contributed by atoms with Crippen LogP contribution in [0.25, 0.3) is 0 Å². The van der Waals surface area contributed by atoms with E-state index in [1.54, 1.807) is 10.8 Å². The van der Waals surface area contributed by atoms with E-state index in [1.807, 2.05) is 0 Å². The van der Waals surface area contributed by atoms with Crippen molar-refractivity contribution in [3.63, 3.8) is 0 Å². The van der Waals surface area contributed by atoms with Crippen molar-refractivity contribution in [2.75, 3.05) is 13.2 Å². The fraction of sp³-hybridized carbons (Fsp3) is 0.357. The Bertz CT molecular complexity index is 836. The quantitative estimate of drug-likeness (QED) is 0.725. The maximum absolute atomic E-state index is 12.9. The van der Waals surface area contributed by atoms with Gasteiger partial charge in [0.25, 0.3) is 0 Å². The Balaban J connectivity index is 1.96. The predicted octanol–water partition coefficient (Wildman–Crippen LogP) is 3.94.